The van der Waals surface area contributed by atoms with Gasteiger partial charge in [0.2, 0.25) is 10.0 Å². The molecule has 1 unspecified atom stereocenters. The molecule has 1 heterocycles. The highest BCUT2D eigenvalue weighted by Gasteiger charge is 2.15. The molecule has 25 heavy (non-hydrogen) atoms. The van der Waals surface area contributed by atoms with Crippen molar-refractivity contribution in [3.63, 3.8) is 0 Å². The Labute approximate surface area is 169 Å². The predicted molar refractivity (Wildman–Crippen MR) is 111 cm³/mol. The molecular formula is C15H33IN4O4S. The number of hydrogen-bond acceptors (Lipinski definition) is 5. The number of ether oxygens (including phenoxy) is 2. The smallest absolute Gasteiger partial charge is 0.211 e. The van der Waals surface area contributed by atoms with E-state index in [4.69, 9.17) is 9.47 Å². The zero-order chi connectivity index (χ0) is 17.7. The molecular weight excluding hydrogens is 459 g/mol. The van der Waals surface area contributed by atoms with Crippen LogP contribution in [-0.2, 0) is 19.5 Å². The van der Waals surface area contributed by atoms with E-state index in [-0.39, 0.29) is 29.7 Å². The normalized spacial score (nSPS) is 18.0. The van der Waals surface area contributed by atoms with Crippen molar-refractivity contribution >= 4 is 40.0 Å². The van der Waals surface area contributed by atoms with Gasteiger partial charge in [-0.15, -0.1) is 24.0 Å². The zero-order valence-electron chi connectivity index (χ0n) is 15.3. The number of hydrogen-bond donors (Lipinski definition) is 3. The molecule has 0 amide bonds. The molecule has 0 bridgehead atoms. The van der Waals surface area contributed by atoms with E-state index in [1.165, 1.54) is 0 Å². The number of nitrogens with zero attached hydrogens (tertiary/aromatic N) is 1. The van der Waals surface area contributed by atoms with Gasteiger partial charge in [-0.1, -0.05) is 0 Å². The van der Waals surface area contributed by atoms with E-state index in [0.717, 1.165) is 51.8 Å². The van der Waals surface area contributed by atoms with Crippen LogP contribution in [0.1, 0.15) is 26.2 Å². The number of halogens is 1. The Morgan fingerprint density at radius 3 is 2.56 bits per heavy atom. The van der Waals surface area contributed by atoms with E-state index in [1.54, 1.807) is 14.0 Å². The minimum atomic E-state index is -3.10. The highest BCUT2D eigenvalue weighted by atomic mass is 127. The highest BCUT2D eigenvalue weighted by Crippen LogP contribution is 2.12. The van der Waals surface area contributed by atoms with Crippen LogP contribution in [0.2, 0.25) is 0 Å². The molecule has 0 aliphatic carbocycles. The summed E-state index contributed by atoms with van der Waals surface area (Å²) in [7, 11) is -1.39. The lowest BCUT2D eigenvalue weighted by molar-refractivity contribution is 0.0888. The molecule has 0 radical (unpaired) electrons. The van der Waals surface area contributed by atoms with Gasteiger partial charge in [0.15, 0.2) is 5.96 Å². The summed E-state index contributed by atoms with van der Waals surface area (Å²) in [4.78, 5) is 4.13. The fourth-order valence-corrected chi connectivity index (χ4v) is 2.85. The number of nitrogens with one attached hydrogen (secondary N) is 3. The first-order valence-electron chi connectivity index (χ1n) is 8.64. The standard InChI is InChI=1S/C15H32N4O4S.HI/c1-3-24(20,21)19-9-4-7-17-15(16-2)18-8-5-10-22-12-14-6-11-23-13-14;/h14,19H,3-13H2,1-2H3,(H2,16,17,18);1H. The van der Waals surface area contributed by atoms with Gasteiger partial charge >= 0.3 is 0 Å². The van der Waals surface area contributed by atoms with Crippen molar-refractivity contribution in [2.45, 2.75) is 26.2 Å². The Morgan fingerprint density at radius 2 is 1.96 bits per heavy atom. The zero-order valence-corrected chi connectivity index (χ0v) is 18.4. The van der Waals surface area contributed by atoms with Crippen LogP contribution in [-0.4, -0.2) is 73.2 Å². The van der Waals surface area contributed by atoms with E-state index in [0.29, 0.717) is 25.4 Å². The van der Waals surface area contributed by atoms with Crippen molar-refractivity contribution in [1.82, 2.24) is 15.4 Å². The maximum Gasteiger partial charge on any atom is 0.211 e. The van der Waals surface area contributed by atoms with Crippen LogP contribution in [0.25, 0.3) is 0 Å². The first kappa shape index (κ1) is 24.8. The second-order valence-electron chi connectivity index (χ2n) is 5.74. The number of aliphatic imine (C=N–C) groups is 1. The van der Waals surface area contributed by atoms with Gasteiger partial charge in [-0.3, -0.25) is 4.99 Å². The molecule has 0 aromatic rings. The predicted octanol–water partition coefficient (Wildman–Crippen LogP) is 0.542. The maximum absolute atomic E-state index is 11.3. The van der Waals surface area contributed by atoms with Crippen LogP contribution in [0.4, 0.5) is 0 Å². The summed E-state index contributed by atoms with van der Waals surface area (Å²) in [6, 6.07) is 0. The van der Waals surface area contributed by atoms with Crippen LogP contribution in [0, 0.1) is 5.92 Å². The molecule has 0 aromatic carbocycles. The third-order valence-corrected chi connectivity index (χ3v) is 5.11. The van der Waals surface area contributed by atoms with E-state index in [9.17, 15) is 8.42 Å². The van der Waals surface area contributed by atoms with E-state index < -0.39 is 10.0 Å². The molecule has 0 spiro atoms. The van der Waals surface area contributed by atoms with Crippen LogP contribution in [0.3, 0.4) is 0 Å². The van der Waals surface area contributed by atoms with Gasteiger partial charge in [0.1, 0.15) is 0 Å². The molecule has 1 rings (SSSR count). The molecule has 10 heteroatoms. The van der Waals surface area contributed by atoms with Crippen LogP contribution in [0.5, 0.6) is 0 Å². The van der Waals surface area contributed by atoms with Crippen molar-refractivity contribution < 1.29 is 17.9 Å². The van der Waals surface area contributed by atoms with Crippen LogP contribution < -0.4 is 15.4 Å². The monoisotopic (exact) mass is 492 g/mol. The van der Waals surface area contributed by atoms with E-state index in [1.807, 2.05) is 0 Å². The Bertz CT molecular complexity index is 456. The number of rotatable bonds is 12. The Balaban J connectivity index is 0.00000576. The molecule has 1 fully saturated rings. The Morgan fingerprint density at radius 1 is 1.24 bits per heavy atom. The summed E-state index contributed by atoms with van der Waals surface area (Å²) >= 11 is 0. The number of guanidine groups is 1. The van der Waals surface area contributed by atoms with E-state index in [2.05, 4.69) is 20.3 Å². The van der Waals surface area contributed by atoms with Crippen molar-refractivity contribution in [2.75, 3.05) is 58.9 Å². The van der Waals surface area contributed by atoms with Crippen molar-refractivity contribution in [3.8, 4) is 0 Å². The van der Waals surface area contributed by atoms with Crippen LogP contribution >= 0.6 is 24.0 Å². The molecule has 1 saturated heterocycles. The SMILES string of the molecule is CCS(=O)(=O)NCCCNC(=NC)NCCCOCC1CCOC1.I. The summed E-state index contributed by atoms with van der Waals surface area (Å²) in [5.74, 6) is 1.38. The van der Waals surface area contributed by atoms with Gasteiger partial charge in [0.25, 0.3) is 0 Å². The molecule has 0 aromatic heterocycles. The van der Waals surface area contributed by atoms with Crippen LogP contribution in [0.15, 0.2) is 4.99 Å². The van der Waals surface area contributed by atoms with Gasteiger partial charge in [-0.2, -0.15) is 0 Å². The molecule has 0 saturated carbocycles. The fourth-order valence-electron chi connectivity index (χ4n) is 2.19. The Hall–Kier alpha value is -0.170. The maximum atomic E-state index is 11.3. The average Bonchev–Trinajstić information content (AvgIpc) is 3.09. The van der Waals surface area contributed by atoms with Crippen molar-refractivity contribution in [2.24, 2.45) is 10.9 Å². The number of sulfonamides is 1. The summed E-state index contributed by atoms with van der Waals surface area (Å²) in [5, 5.41) is 6.37. The lowest BCUT2D eigenvalue weighted by atomic mass is 10.1. The third kappa shape index (κ3) is 12.8. The quantitative estimate of drug-likeness (QED) is 0.159. The molecule has 3 N–H and O–H groups in total. The second-order valence-corrected chi connectivity index (χ2v) is 7.83. The fraction of sp³-hybridized carbons (Fsp3) is 0.933. The molecule has 1 aliphatic heterocycles. The van der Waals surface area contributed by atoms with Gasteiger partial charge in [0.05, 0.1) is 19.0 Å². The van der Waals surface area contributed by atoms with Crippen molar-refractivity contribution in [1.29, 1.82) is 0 Å². The Kier molecular flexibility index (Phi) is 14.8. The van der Waals surface area contributed by atoms with Crippen molar-refractivity contribution in [3.05, 3.63) is 0 Å². The summed E-state index contributed by atoms with van der Waals surface area (Å²) in [6.07, 6.45) is 2.71. The molecule has 1 atom stereocenters. The van der Waals surface area contributed by atoms with Gasteiger partial charge < -0.3 is 20.1 Å². The minimum absolute atomic E-state index is 0. The van der Waals surface area contributed by atoms with Gasteiger partial charge in [0, 0.05) is 45.8 Å². The highest BCUT2D eigenvalue weighted by molar-refractivity contribution is 14.0. The summed E-state index contributed by atoms with van der Waals surface area (Å²) < 4.78 is 36.0. The van der Waals surface area contributed by atoms with Gasteiger partial charge in [-0.05, 0) is 26.2 Å². The summed E-state index contributed by atoms with van der Waals surface area (Å²) in [6.45, 7) is 6.67. The largest absolute Gasteiger partial charge is 0.381 e. The lowest BCUT2D eigenvalue weighted by Gasteiger charge is -2.12. The topological polar surface area (TPSA) is 101 Å². The molecule has 150 valence electrons. The first-order valence-corrected chi connectivity index (χ1v) is 10.3. The second kappa shape index (κ2) is 14.9. The molecule has 1 aliphatic rings. The summed E-state index contributed by atoms with van der Waals surface area (Å²) in [5.41, 5.74) is 0. The molecule has 8 nitrogen and oxygen atoms in total. The average molecular weight is 492 g/mol. The third-order valence-electron chi connectivity index (χ3n) is 3.71. The first-order chi connectivity index (χ1) is 11.6. The van der Waals surface area contributed by atoms with E-state index >= 15 is 0 Å². The minimum Gasteiger partial charge on any atom is -0.381 e. The lowest BCUT2D eigenvalue weighted by Crippen LogP contribution is -2.39. The van der Waals surface area contributed by atoms with Gasteiger partial charge in [-0.25, -0.2) is 13.1 Å².